The van der Waals surface area contributed by atoms with Gasteiger partial charge in [0.15, 0.2) is 5.82 Å². The number of ether oxygens (including phenoxy) is 1. The lowest BCUT2D eigenvalue weighted by atomic mass is 10.2. The zero-order valence-electron chi connectivity index (χ0n) is 10.9. The summed E-state index contributed by atoms with van der Waals surface area (Å²) in [6, 6.07) is 5.71. The second kappa shape index (κ2) is 6.60. The molecule has 0 fully saturated rings. The van der Waals surface area contributed by atoms with E-state index in [1.165, 1.54) is 0 Å². The Balaban J connectivity index is 2.19. The van der Waals surface area contributed by atoms with Crippen molar-refractivity contribution < 1.29 is 4.74 Å². The summed E-state index contributed by atoms with van der Waals surface area (Å²) in [5, 5.41) is 15.6. The van der Waals surface area contributed by atoms with Crippen molar-refractivity contribution in [3.8, 4) is 5.69 Å². The van der Waals surface area contributed by atoms with Gasteiger partial charge in [-0.25, -0.2) is 0 Å². The second-order valence-electron chi connectivity index (χ2n) is 4.08. The first-order valence-electron chi connectivity index (χ1n) is 5.96. The van der Waals surface area contributed by atoms with Crippen LogP contribution >= 0.6 is 11.6 Å². The van der Waals surface area contributed by atoms with Gasteiger partial charge in [-0.1, -0.05) is 23.7 Å². The summed E-state index contributed by atoms with van der Waals surface area (Å²) in [5.74, 6) is 0.715. The monoisotopic (exact) mass is 281 g/mol. The molecule has 19 heavy (non-hydrogen) atoms. The van der Waals surface area contributed by atoms with Crippen molar-refractivity contribution in [2.75, 3.05) is 20.3 Å². The Morgan fingerprint density at radius 3 is 3.00 bits per heavy atom. The highest BCUT2D eigenvalue weighted by molar-refractivity contribution is 6.32. The van der Waals surface area contributed by atoms with E-state index in [4.69, 9.17) is 16.3 Å². The maximum absolute atomic E-state index is 6.22. The molecule has 102 valence electrons. The topological polar surface area (TPSA) is 64.9 Å². The van der Waals surface area contributed by atoms with Crippen LogP contribution < -0.4 is 5.32 Å². The summed E-state index contributed by atoms with van der Waals surface area (Å²) in [7, 11) is 1.67. The summed E-state index contributed by atoms with van der Waals surface area (Å²) in [5.41, 5.74) is 1.84. The van der Waals surface area contributed by atoms with Gasteiger partial charge in [-0.15, -0.1) is 5.10 Å². The summed E-state index contributed by atoms with van der Waals surface area (Å²) in [6.07, 6.45) is 0. The van der Waals surface area contributed by atoms with Crippen LogP contribution in [-0.4, -0.2) is 40.5 Å². The standard InChI is InChI=1S/C12H16ClN5O/c1-9-4-3-5-10(13)12(9)18-11(15-16-17-18)8-14-6-7-19-2/h3-5,14H,6-8H2,1-2H3. The fourth-order valence-corrected chi connectivity index (χ4v) is 2.06. The number of hydrogen-bond donors (Lipinski definition) is 1. The van der Waals surface area contributed by atoms with Crippen molar-refractivity contribution in [3.05, 3.63) is 34.6 Å². The first-order chi connectivity index (χ1) is 9.24. The molecule has 0 spiro atoms. The van der Waals surface area contributed by atoms with Gasteiger partial charge < -0.3 is 10.1 Å². The van der Waals surface area contributed by atoms with Crippen LogP contribution in [0.3, 0.4) is 0 Å². The van der Waals surface area contributed by atoms with Crippen LogP contribution in [0, 0.1) is 6.92 Å². The van der Waals surface area contributed by atoms with Crippen LogP contribution in [0.4, 0.5) is 0 Å². The van der Waals surface area contributed by atoms with Gasteiger partial charge in [0, 0.05) is 13.7 Å². The largest absolute Gasteiger partial charge is 0.383 e. The molecule has 1 aromatic carbocycles. The Morgan fingerprint density at radius 1 is 1.42 bits per heavy atom. The lowest BCUT2D eigenvalue weighted by molar-refractivity contribution is 0.199. The van der Waals surface area contributed by atoms with Crippen LogP contribution in [0.5, 0.6) is 0 Å². The van der Waals surface area contributed by atoms with E-state index in [0.29, 0.717) is 24.0 Å². The van der Waals surface area contributed by atoms with Crippen molar-refractivity contribution in [2.45, 2.75) is 13.5 Å². The van der Waals surface area contributed by atoms with Gasteiger partial charge in [0.05, 0.1) is 23.9 Å². The van der Waals surface area contributed by atoms with E-state index in [2.05, 4.69) is 20.8 Å². The number of halogens is 1. The predicted molar refractivity (Wildman–Crippen MR) is 72.5 cm³/mol. The highest BCUT2D eigenvalue weighted by atomic mass is 35.5. The second-order valence-corrected chi connectivity index (χ2v) is 4.49. The molecule has 1 N–H and O–H groups in total. The lowest BCUT2D eigenvalue weighted by Crippen LogP contribution is -2.21. The first-order valence-corrected chi connectivity index (χ1v) is 6.34. The van der Waals surface area contributed by atoms with E-state index in [1.54, 1.807) is 11.8 Å². The molecule has 1 heterocycles. The van der Waals surface area contributed by atoms with Crippen molar-refractivity contribution in [2.24, 2.45) is 0 Å². The van der Waals surface area contributed by atoms with E-state index in [1.807, 2.05) is 25.1 Å². The molecule has 0 aliphatic carbocycles. The number of hydrogen-bond acceptors (Lipinski definition) is 5. The molecule has 7 heteroatoms. The van der Waals surface area contributed by atoms with Gasteiger partial charge in [-0.3, -0.25) is 0 Å². The van der Waals surface area contributed by atoms with E-state index in [0.717, 1.165) is 17.8 Å². The van der Waals surface area contributed by atoms with E-state index in [9.17, 15) is 0 Å². The van der Waals surface area contributed by atoms with Gasteiger partial charge in [0.25, 0.3) is 0 Å². The van der Waals surface area contributed by atoms with Crippen LogP contribution in [-0.2, 0) is 11.3 Å². The quantitative estimate of drug-likeness (QED) is 0.810. The molecular weight excluding hydrogens is 266 g/mol. The highest BCUT2D eigenvalue weighted by Crippen LogP contribution is 2.23. The zero-order chi connectivity index (χ0) is 13.7. The Morgan fingerprint density at radius 2 is 2.26 bits per heavy atom. The third-order valence-corrected chi connectivity index (χ3v) is 3.01. The van der Waals surface area contributed by atoms with Crippen molar-refractivity contribution in [3.63, 3.8) is 0 Å². The lowest BCUT2D eigenvalue weighted by Gasteiger charge is -2.10. The summed E-state index contributed by atoms with van der Waals surface area (Å²) in [4.78, 5) is 0. The minimum absolute atomic E-state index is 0.557. The maximum atomic E-state index is 6.22. The fourth-order valence-electron chi connectivity index (χ4n) is 1.76. The number of tetrazole rings is 1. The summed E-state index contributed by atoms with van der Waals surface area (Å²) >= 11 is 6.22. The average Bonchev–Trinajstić information content (AvgIpc) is 2.83. The number of benzene rings is 1. The Hall–Kier alpha value is -1.50. The zero-order valence-corrected chi connectivity index (χ0v) is 11.7. The molecular formula is C12H16ClN5O. The van der Waals surface area contributed by atoms with E-state index >= 15 is 0 Å². The number of para-hydroxylation sites is 1. The first kappa shape index (κ1) is 13.9. The molecule has 6 nitrogen and oxygen atoms in total. The molecule has 0 amide bonds. The van der Waals surface area contributed by atoms with Crippen LogP contribution in [0.2, 0.25) is 5.02 Å². The van der Waals surface area contributed by atoms with Crippen molar-refractivity contribution >= 4 is 11.6 Å². The summed E-state index contributed by atoms with van der Waals surface area (Å²) in [6.45, 7) is 3.92. The fraction of sp³-hybridized carbons (Fsp3) is 0.417. The molecule has 0 saturated carbocycles. The number of aryl methyl sites for hydroxylation is 1. The minimum Gasteiger partial charge on any atom is -0.383 e. The molecule has 0 aliphatic heterocycles. The number of nitrogens with one attached hydrogen (secondary N) is 1. The smallest absolute Gasteiger partial charge is 0.170 e. The Bertz CT molecular complexity index is 522. The third kappa shape index (κ3) is 3.28. The molecule has 0 atom stereocenters. The average molecular weight is 282 g/mol. The molecule has 0 aliphatic rings. The van der Waals surface area contributed by atoms with Gasteiger partial charge in [-0.05, 0) is 29.0 Å². The Kier molecular flexibility index (Phi) is 4.84. The van der Waals surface area contributed by atoms with Gasteiger partial charge >= 0.3 is 0 Å². The predicted octanol–water partition coefficient (Wildman–Crippen LogP) is 1.36. The van der Waals surface area contributed by atoms with Crippen LogP contribution in [0.15, 0.2) is 18.2 Å². The SMILES string of the molecule is COCCNCc1nnnn1-c1c(C)cccc1Cl. The van der Waals surface area contributed by atoms with E-state index < -0.39 is 0 Å². The number of aromatic nitrogens is 4. The molecule has 0 radical (unpaired) electrons. The van der Waals surface area contributed by atoms with Crippen molar-refractivity contribution in [1.82, 2.24) is 25.5 Å². The molecule has 1 aromatic heterocycles. The van der Waals surface area contributed by atoms with Gasteiger partial charge in [0.1, 0.15) is 0 Å². The number of methoxy groups -OCH3 is 1. The Labute approximate surface area is 116 Å². The highest BCUT2D eigenvalue weighted by Gasteiger charge is 2.13. The molecule has 0 saturated heterocycles. The van der Waals surface area contributed by atoms with Gasteiger partial charge in [0.2, 0.25) is 0 Å². The summed E-state index contributed by atoms with van der Waals surface area (Å²) < 4.78 is 6.64. The number of rotatable bonds is 6. The van der Waals surface area contributed by atoms with Crippen molar-refractivity contribution in [1.29, 1.82) is 0 Å². The third-order valence-electron chi connectivity index (χ3n) is 2.70. The van der Waals surface area contributed by atoms with Gasteiger partial charge in [-0.2, -0.15) is 4.68 Å². The van der Waals surface area contributed by atoms with Crippen LogP contribution in [0.1, 0.15) is 11.4 Å². The molecule has 2 rings (SSSR count). The molecule has 2 aromatic rings. The maximum Gasteiger partial charge on any atom is 0.170 e. The van der Waals surface area contributed by atoms with Crippen LogP contribution in [0.25, 0.3) is 5.69 Å². The number of nitrogens with zero attached hydrogens (tertiary/aromatic N) is 4. The minimum atomic E-state index is 0.557. The normalized spacial score (nSPS) is 10.9. The molecule has 0 unspecified atom stereocenters. The van der Waals surface area contributed by atoms with E-state index in [-0.39, 0.29) is 0 Å². The molecule has 0 bridgehead atoms.